The fraction of sp³-hybridized carbons (Fsp3) is 0.364. The van der Waals surface area contributed by atoms with Crippen molar-refractivity contribution >= 4 is 11.8 Å². The summed E-state index contributed by atoms with van der Waals surface area (Å²) in [6, 6.07) is 19.6. The molecule has 0 heterocycles. The Bertz CT molecular complexity index is 624. The highest BCUT2D eigenvalue weighted by Crippen LogP contribution is 2.20. The van der Waals surface area contributed by atoms with Crippen LogP contribution in [-0.4, -0.2) is 24.9 Å². The second kappa shape index (κ2) is 10.4. The predicted octanol–water partition coefficient (Wildman–Crippen LogP) is 3.61. The molecule has 0 unspecified atom stereocenters. The van der Waals surface area contributed by atoms with Gasteiger partial charge in [-0.15, -0.1) is 0 Å². The maximum absolute atomic E-state index is 12.4. The second-order valence-electron chi connectivity index (χ2n) is 6.33. The molecule has 2 amide bonds. The minimum atomic E-state index is -0.153. The summed E-state index contributed by atoms with van der Waals surface area (Å²) in [5, 5.41) is 5.86. The van der Waals surface area contributed by atoms with Crippen molar-refractivity contribution in [3.8, 4) is 0 Å². The van der Waals surface area contributed by atoms with Gasteiger partial charge in [0.15, 0.2) is 0 Å². The van der Waals surface area contributed by atoms with Crippen LogP contribution in [0.2, 0.25) is 0 Å². The quantitative estimate of drug-likeness (QED) is 0.678. The number of hydrogen-bond donors (Lipinski definition) is 2. The van der Waals surface area contributed by atoms with Crippen LogP contribution in [0.5, 0.6) is 0 Å². The van der Waals surface area contributed by atoms with E-state index in [9.17, 15) is 9.59 Å². The van der Waals surface area contributed by atoms with Gasteiger partial charge in [-0.1, -0.05) is 74.5 Å². The molecule has 0 radical (unpaired) electrons. The zero-order valence-electron chi connectivity index (χ0n) is 15.6. The molecule has 0 bridgehead atoms. The Morgan fingerprint density at radius 2 is 1.04 bits per heavy atom. The fourth-order valence-corrected chi connectivity index (χ4v) is 3.13. The zero-order valence-corrected chi connectivity index (χ0v) is 15.6. The van der Waals surface area contributed by atoms with Crippen LogP contribution in [0.25, 0.3) is 0 Å². The molecule has 4 nitrogen and oxygen atoms in total. The summed E-state index contributed by atoms with van der Waals surface area (Å²) in [5.41, 5.74) is 2.04. The lowest BCUT2D eigenvalue weighted by molar-refractivity contribution is -0.124. The molecule has 2 aromatic rings. The lowest BCUT2D eigenvalue weighted by atomic mass is 9.95. The molecular formula is C22H28N2O2. The molecule has 2 atom stereocenters. The van der Waals surface area contributed by atoms with Crippen molar-refractivity contribution in [2.75, 3.05) is 13.1 Å². The van der Waals surface area contributed by atoms with Crippen molar-refractivity contribution in [2.24, 2.45) is 0 Å². The largest absolute Gasteiger partial charge is 0.354 e. The van der Waals surface area contributed by atoms with E-state index >= 15 is 0 Å². The van der Waals surface area contributed by atoms with Crippen molar-refractivity contribution in [3.63, 3.8) is 0 Å². The minimum absolute atomic E-state index is 0.00282. The molecule has 0 fully saturated rings. The van der Waals surface area contributed by atoms with Gasteiger partial charge in [-0.3, -0.25) is 9.59 Å². The highest BCUT2D eigenvalue weighted by atomic mass is 16.2. The number of carbonyl (C=O) groups excluding carboxylic acids is 2. The number of rotatable bonds is 9. The Morgan fingerprint density at radius 1 is 0.692 bits per heavy atom. The van der Waals surface area contributed by atoms with Crippen LogP contribution in [0.1, 0.15) is 49.7 Å². The van der Waals surface area contributed by atoms with Gasteiger partial charge in [-0.05, 0) is 24.0 Å². The molecule has 2 N–H and O–H groups in total. The average molecular weight is 352 g/mol. The molecule has 0 aromatic heterocycles. The third kappa shape index (κ3) is 5.45. The zero-order chi connectivity index (χ0) is 18.8. The Balaban J connectivity index is 1.80. The van der Waals surface area contributed by atoms with Crippen LogP contribution < -0.4 is 10.6 Å². The molecule has 0 aliphatic rings. The number of nitrogens with one attached hydrogen (secondary N) is 2. The molecule has 2 rings (SSSR count). The summed E-state index contributed by atoms with van der Waals surface area (Å²) in [5.74, 6) is -0.301. The van der Waals surface area contributed by atoms with E-state index < -0.39 is 0 Å². The molecule has 0 aliphatic heterocycles. The summed E-state index contributed by atoms with van der Waals surface area (Å²) in [4.78, 5) is 24.8. The van der Waals surface area contributed by atoms with Gasteiger partial charge in [0.2, 0.25) is 11.8 Å². The van der Waals surface area contributed by atoms with E-state index in [1.54, 1.807) is 0 Å². The van der Waals surface area contributed by atoms with E-state index in [4.69, 9.17) is 0 Å². The van der Waals surface area contributed by atoms with Crippen molar-refractivity contribution in [3.05, 3.63) is 71.8 Å². The van der Waals surface area contributed by atoms with Gasteiger partial charge in [-0.25, -0.2) is 0 Å². The standard InChI is InChI=1S/C22H28N2O2/c1-3-19(17-11-7-5-8-12-17)21(25)23-15-16-24-22(26)20(4-2)18-13-9-6-10-14-18/h5-14,19-20H,3-4,15-16H2,1-2H3,(H,23,25)(H,24,26)/t19-,20+. The smallest absolute Gasteiger partial charge is 0.227 e. The van der Waals surface area contributed by atoms with E-state index in [0.29, 0.717) is 13.1 Å². The van der Waals surface area contributed by atoms with Gasteiger partial charge >= 0.3 is 0 Å². The Morgan fingerprint density at radius 3 is 1.35 bits per heavy atom. The van der Waals surface area contributed by atoms with Gasteiger partial charge in [-0.2, -0.15) is 0 Å². The van der Waals surface area contributed by atoms with E-state index in [1.807, 2.05) is 74.5 Å². The SMILES string of the molecule is CC[C@H](C(=O)NCCNC(=O)[C@H](CC)c1ccccc1)c1ccccc1. The molecule has 2 aromatic carbocycles. The van der Waals surface area contributed by atoms with Gasteiger partial charge in [0.1, 0.15) is 0 Å². The average Bonchev–Trinajstić information content (AvgIpc) is 2.68. The first-order valence-electron chi connectivity index (χ1n) is 9.32. The minimum Gasteiger partial charge on any atom is -0.354 e. The summed E-state index contributed by atoms with van der Waals surface area (Å²) in [6.45, 7) is 4.87. The van der Waals surface area contributed by atoms with Gasteiger partial charge in [0, 0.05) is 13.1 Å². The van der Waals surface area contributed by atoms with Crippen molar-refractivity contribution in [2.45, 2.75) is 38.5 Å². The number of amides is 2. The van der Waals surface area contributed by atoms with Crippen molar-refractivity contribution in [1.29, 1.82) is 0 Å². The molecule has 138 valence electrons. The summed E-state index contributed by atoms with van der Waals surface area (Å²) in [6.07, 6.45) is 1.49. The van der Waals surface area contributed by atoms with Gasteiger partial charge in [0.25, 0.3) is 0 Å². The summed E-state index contributed by atoms with van der Waals surface area (Å²) >= 11 is 0. The first-order chi connectivity index (χ1) is 12.7. The number of carbonyl (C=O) groups is 2. The van der Waals surface area contributed by atoms with E-state index in [-0.39, 0.29) is 23.7 Å². The maximum atomic E-state index is 12.4. The molecule has 0 saturated heterocycles. The molecule has 4 heteroatoms. The Labute approximate surface area is 156 Å². The lowest BCUT2D eigenvalue weighted by Crippen LogP contribution is -2.38. The van der Waals surface area contributed by atoms with Crippen LogP contribution in [-0.2, 0) is 9.59 Å². The van der Waals surface area contributed by atoms with Gasteiger partial charge < -0.3 is 10.6 Å². The number of hydrogen-bond acceptors (Lipinski definition) is 2. The third-order valence-corrected chi connectivity index (χ3v) is 4.58. The Hall–Kier alpha value is -2.62. The van der Waals surface area contributed by atoms with E-state index in [0.717, 1.165) is 24.0 Å². The fourth-order valence-electron chi connectivity index (χ4n) is 3.13. The van der Waals surface area contributed by atoms with Crippen molar-refractivity contribution in [1.82, 2.24) is 10.6 Å². The Kier molecular flexibility index (Phi) is 7.87. The summed E-state index contributed by atoms with van der Waals surface area (Å²) < 4.78 is 0. The predicted molar refractivity (Wildman–Crippen MR) is 105 cm³/mol. The van der Waals surface area contributed by atoms with E-state index in [1.165, 1.54) is 0 Å². The van der Waals surface area contributed by atoms with Crippen molar-refractivity contribution < 1.29 is 9.59 Å². The molecule has 0 spiro atoms. The first kappa shape index (κ1) is 19.7. The first-order valence-corrected chi connectivity index (χ1v) is 9.32. The molecular weight excluding hydrogens is 324 g/mol. The lowest BCUT2D eigenvalue weighted by Gasteiger charge is -2.17. The molecule has 26 heavy (non-hydrogen) atoms. The highest BCUT2D eigenvalue weighted by molar-refractivity contribution is 5.84. The topological polar surface area (TPSA) is 58.2 Å². The second-order valence-corrected chi connectivity index (χ2v) is 6.33. The summed E-state index contributed by atoms with van der Waals surface area (Å²) in [7, 11) is 0. The van der Waals surface area contributed by atoms with Crippen LogP contribution in [0.15, 0.2) is 60.7 Å². The van der Waals surface area contributed by atoms with E-state index in [2.05, 4.69) is 10.6 Å². The maximum Gasteiger partial charge on any atom is 0.227 e. The van der Waals surface area contributed by atoms with Crippen LogP contribution in [0.4, 0.5) is 0 Å². The highest BCUT2D eigenvalue weighted by Gasteiger charge is 2.19. The van der Waals surface area contributed by atoms with Crippen LogP contribution >= 0.6 is 0 Å². The van der Waals surface area contributed by atoms with Crippen LogP contribution in [0.3, 0.4) is 0 Å². The number of benzene rings is 2. The monoisotopic (exact) mass is 352 g/mol. The van der Waals surface area contributed by atoms with Gasteiger partial charge in [0.05, 0.1) is 11.8 Å². The normalized spacial score (nSPS) is 12.8. The molecule has 0 saturated carbocycles. The molecule has 0 aliphatic carbocycles. The van der Waals surface area contributed by atoms with Crippen LogP contribution in [0, 0.1) is 0 Å². The third-order valence-electron chi connectivity index (χ3n) is 4.58.